The first-order valence-electron chi connectivity index (χ1n) is 7.06. The zero-order valence-electron chi connectivity index (χ0n) is 14.5. The SMILES string of the molecule is CCON(O[Si](C)(C)C(C)(C)C)C(C)(C)CC(=O)OC. The Morgan fingerprint density at radius 3 is 2.00 bits per heavy atom. The molecule has 0 fully saturated rings. The van der Waals surface area contributed by atoms with Crippen molar-refractivity contribution in [1.82, 2.24) is 5.23 Å². The summed E-state index contributed by atoms with van der Waals surface area (Å²) in [5, 5.41) is 1.56. The van der Waals surface area contributed by atoms with E-state index in [1.165, 1.54) is 12.3 Å². The van der Waals surface area contributed by atoms with Gasteiger partial charge in [0.25, 0.3) is 0 Å². The monoisotopic (exact) mass is 305 g/mol. The van der Waals surface area contributed by atoms with E-state index in [9.17, 15) is 4.79 Å². The Hall–Kier alpha value is -0.433. The maximum atomic E-state index is 11.5. The van der Waals surface area contributed by atoms with E-state index in [4.69, 9.17) is 14.1 Å². The Morgan fingerprint density at radius 2 is 1.65 bits per heavy atom. The molecular weight excluding hydrogens is 274 g/mol. The topological polar surface area (TPSA) is 48.0 Å². The van der Waals surface area contributed by atoms with Crippen LogP contribution < -0.4 is 0 Å². The molecule has 0 aliphatic rings. The lowest BCUT2D eigenvalue weighted by atomic mass is 10.0. The van der Waals surface area contributed by atoms with Crippen LogP contribution in [0.25, 0.3) is 0 Å². The smallest absolute Gasteiger partial charge is 0.307 e. The van der Waals surface area contributed by atoms with Crippen molar-refractivity contribution in [3.05, 3.63) is 0 Å². The number of carbonyl (C=O) groups is 1. The average molecular weight is 305 g/mol. The van der Waals surface area contributed by atoms with Gasteiger partial charge in [0.1, 0.15) is 0 Å². The molecular formula is C14H31NO4Si. The van der Waals surface area contributed by atoms with E-state index in [0.717, 1.165) is 0 Å². The minimum absolute atomic E-state index is 0.0592. The molecule has 0 aromatic carbocycles. The molecule has 0 spiro atoms. The molecule has 0 radical (unpaired) electrons. The summed E-state index contributed by atoms with van der Waals surface area (Å²) in [7, 11) is -0.640. The van der Waals surface area contributed by atoms with Crippen LogP contribution in [0.15, 0.2) is 0 Å². The second-order valence-electron chi connectivity index (χ2n) is 7.09. The second-order valence-corrected chi connectivity index (χ2v) is 11.8. The maximum absolute atomic E-state index is 11.5. The van der Waals surface area contributed by atoms with Gasteiger partial charge in [0.05, 0.1) is 25.7 Å². The van der Waals surface area contributed by atoms with E-state index in [0.29, 0.717) is 6.61 Å². The third kappa shape index (κ3) is 5.52. The molecule has 6 heteroatoms. The van der Waals surface area contributed by atoms with Crippen LogP contribution in [-0.4, -0.2) is 38.8 Å². The van der Waals surface area contributed by atoms with Crippen molar-refractivity contribution in [3.8, 4) is 0 Å². The van der Waals surface area contributed by atoms with Crippen LogP contribution in [0.4, 0.5) is 0 Å². The highest BCUT2D eigenvalue weighted by atomic mass is 28.4. The first-order valence-corrected chi connectivity index (χ1v) is 9.97. The predicted molar refractivity (Wildman–Crippen MR) is 82.5 cm³/mol. The van der Waals surface area contributed by atoms with Gasteiger partial charge in [-0.05, 0) is 38.9 Å². The van der Waals surface area contributed by atoms with E-state index in [-0.39, 0.29) is 17.4 Å². The van der Waals surface area contributed by atoms with Gasteiger partial charge >= 0.3 is 5.97 Å². The Balaban J connectivity index is 5.10. The van der Waals surface area contributed by atoms with Crippen LogP contribution in [0, 0.1) is 0 Å². The molecule has 0 heterocycles. The molecule has 0 rings (SSSR count). The minimum Gasteiger partial charge on any atom is -0.469 e. The number of hydrogen-bond acceptors (Lipinski definition) is 5. The highest BCUT2D eigenvalue weighted by Gasteiger charge is 2.43. The number of hydrogen-bond donors (Lipinski definition) is 0. The molecule has 0 aromatic rings. The average Bonchev–Trinajstić information content (AvgIpc) is 2.26. The van der Waals surface area contributed by atoms with Gasteiger partial charge in [0.15, 0.2) is 0 Å². The van der Waals surface area contributed by atoms with Gasteiger partial charge in [-0.25, -0.2) is 0 Å². The fourth-order valence-electron chi connectivity index (χ4n) is 1.28. The maximum Gasteiger partial charge on any atom is 0.307 e. The zero-order valence-corrected chi connectivity index (χ0v) is 15.5. The molecule has 0 saturated carbocycles. The van der Waals surface area contributed by atoms with Gasteiger partial charge in [-0.3, -0.25) is 9.63 Å². The second kappa shape index (κ2) is 7.02. The van der Waals surface area contributed by atoms with Crippen molar-refractivity contribution in [2.75, 3.05) is 13.7 Å². The Bertz CT molecular complexity index is 324. The van der Waals surface area contributed by atoms with Gasteiger partial charge in [0.2, 0.25) is 8.32 Å². The Labute approximate surface area is 124 Å². The van der Waals surface area contributed by atoms with Crippen molar-refractivity contribution in [1.29, 1.82) is 0 Å². The van der Waals surface area contributed by atoms with E-state index < -0.39 is 13.9 Å². The molecule has 0 aliphatic heterocycles. The Morgan fingerprint density at radius 1 is 1.15 bits per heavy atom. The minimum atomic E-state index is -2.03. The van der Waals surface area contributed by atoms with E-state index in [2.05, 4.69) is 33.9 Å². The normalized spacial score (nSPS) is 13.7. The number of nitrogens with zero attached hydrogens (tertiary/aromatic N) is 1. The van der Waals surface area contributed by atoms with Crippen molar-refractivity contribution in [3.63, 3.8) is 0 Å². The Kier molecular flexibility index (Phi) is 6.87. The van der Waals surface area contributed by atoms with Gasteiger partial charge in [-0.15, -0.1) is 0 Å². The van der Waals surface area contributed by atoms with Crippen molar-refractivity contribution >= 4 is 14.3 Å². The number of esters is 1. The van der Waals surface area contributed by atoms with Gasteiger partial charge in [0, 0.05) is 0 Å². The van der Waals surface area contributed by atoms with Crippen LogP contribution in [0.5, 0.6) is 0 Å². The highest BCUT2D eigenvalue weighted by Crippen LogP contribution is 2.38. The zero-order chi connectivity index (χ0) is 16.2. The summed E-state index contributed by atoms with van der Waals surface area (Å²) in [4.78, 5) is 17.2. The van der Waals surface area contributed by atoms with E-state index in [1.807, 2.05) is 20.8 Å². The summed E-state index contributed by atoms with van der Waals surface area (Å²) in [6.45, 7) is 17.0. The lowest BCUT2D eigenvalue weighted by Crippen LogP contribution is -2.54. The first kappa shape index (κ1) is 19.6. The van der Waals surface area contributed by atoms with Crippen molar-refractivity contribution in [2.24, 2.45) is 0 Å². The molecule has 0 aromatic heterocycles. The van der Waals surface area contributed by atoms with Crippen molar-refractivity contribution < 1.29 is 18.9 Å². The molecule has 0 atom stereocenters. The molecule has 0 amide bonds. The van der Waals surface area contributed by atoms with E-state index >= 15 is 0 Å². The molecule has 0 unspecified atom stereocenters. The molecule has 0 N–H and O–H groups in total. The number of hydroxylamine groups is 2. The largest absolute Gasteiger partial charge is 0.469 e. The van der Waals surface area contributed by atoms with Crippen LogP contribution in [0.3, 0.4) is 0 Å². The van der Waals surface area contributed by atoms with Gasteiger partial charge < -0.3 is 9.26 Å². The third-order valence-corrected chi connectivity index (χ3v) is 7.90. The lowest BCUT2D eigenvalue weighted by Gasteiger charge is -2.44. The van der Waals surface area contributed by atoms with Crippen LogP contribution in [-0.2, 0) is 18.9 Å². The van der Waals surface area contributed by atoms with Crippen molar-refractivity contribution in [2.45, 2.75) is 71.6 Å². The van der Waals surface area contributed by atoms with Crippen LogP contribution >= 0.6 is 0 Å². The molecule has 0 aliphatic carbocycles. The molecule has 5 nitrogen and oxygen atoms in total. The third-order valence-electron chi connectivity index (χ3n) is 3.66. The number of methoxy groups -OCH3 is 1. The summed E-state index contributed by atoms with van der Waals surface area (Å²) < 4.78 is 10.9. The summed E-state index contributed by atoms with van der Waals surface area (Å²) in [5.41, 5.74) is -0.585. The lowest BCUT2D eigenvalue weighted by molar-refractivity contribution is -0.369. The summed E-state index contributed by atoms with van der Waals surface area (Å²) in [6.07, 6.45) is 0.206. The number of rotatable bonds is 7. The predicted octanol–water partition coefficient (Wildman–Crippen LogP) is 3.52. The summed E-state index contributed by atoms with van der Waals surface area (Å²) in [6, 6.07) is 0. The molecule has 0 saturated heterocycles. The van der Waals surface area contributed by atoms with Gasteiger partial charge in [-0.1, -0.05) is 26.0 Å². The number of ether oxygens (including phenoxy) is 1. The fourth-order valence-corrected chi connectivity index (χ4v) is 2.26. The fraction of sp³-hybridized carbons (Fsp3) is 0.929. The molecule has 120 valence electrons. The highest BCUT2D eigenvalue weighted by molar-refractivity contribution is 6.74. The van der Waals surface area contributed by atoms with Crippen LogP contribution in [0.2, 0.25) is 18.1 Å². The first-order chi connectivity index (χ1) is 8.87. The van der Waals surface area contributed by atoms with Gasteiger partial charge in [-0.2, -0.15) is 0 Å². The molecule has 0 bridgehead atoms. The number of carbonyl (C=O) groups excluding carboxylic acids is 1. The summed E-state index contributed by atoms with van der Waals surface area (Å²) >= 11 is 0. The van der Waals surface area contributed by atoms with Crippen LogP contribution in [0.1, 0.15) is 48.0 Å². The standard InChI is InChI=1S/C14H31NO4Si/c1-10-18-15(14(5,6)11-12(16)17-7)19-20(8,9)13(2,3)4/h10-11H2,1-9H3. The quantitative estimate of drug-likeness (QED) is 0.409. The summed E-state index contributed by atoms with van der Waals surface area (Å²) in [5.74, 6) is -0.279. The molecule has 20 heavy (non-hydrogen) atoms. The van der Waals surface area contributed by atoms with E-state index in [1.54, 1.807) is 0 Å².